The lowest BCUT2D eigenvalue weighted by molar-refractivity contribution is -0.118. The second-order valence-corrected chi connectivity index (χ2v) is 4.40. The summed E-state index contributed by atoms with van der Waals surface area (Å²) < 4.78 is 0.952. The zero-order chi connectivity index (χ0) is 12.1. The lowest BCUT2D eigenvalue weighted by atomic mass is 10.3. The number of halogens is 2. The topological polar surface area (TPSA) is 91.6 Å². The van der Waals surface area contributed by atoms with Crippen LogP contribution in [-0.4, -0.2) is 11.9 Å². The number of hydrogen-bond acceptors (Lipinski definition) is 4. The third-order valence-corrected chi connectivity index (χ3v) is 2.56. The molecule has 0 spiro atoms. The number of carbonyl (C=O) groups is 1. The van der Waals surface area contributed by atoms with Gasteiger partial charge in [0.05, 0.1) is 5.02 Å². The molecular weight excluding hydrogens is 342 g/mol. The van der Waals surface area contributed by atoms with E-state index in [-0.39, 0.29) is 0 Å². The van der Waals surface area contributed by atoms with Gasteiger partial charge < -0.3 is 5.73 Å². The Kier molecular flexibility index (Phi) is 4.64. The van der Waals surface area contributed by atoms with Gasteiger partial charge in [0.15, 0.2) is 0 Å². The van der Waals surface area contributed by atoms with Crippen molar-refractivity contribution >= 4 is 45.8 Å². The highest BCUT2D eigenvalue weighted by molar-refractivity contribution is 14.1. The third kappa shape index (κ3) is 3.43. The molecule has 1 aromatic carbocycles. The van der Waals surface area contributed by atoms with Gasteiger partial charge in [0.1, 0.15) is 11.8 Å². The fourth-order valence-corrected chi connectivity index (χ4v) is 1.72. The van der Waals surface area contributed by atoms with E-state index < -0.39 is 11.9 Å². The molecule has 82 valence electrons. The van der Waals surface area contributed by atoms with Gasteiger partial charge >= 0.3 is 0 Å². The van der Waals surface area contributed by atoms with E-state index in [1.807, 2.05) is 0 Å². The van der Waals surface area contributed by atoms with Crippen molar-refractivity contribution in [2.24, 2.45) is 16.0 Å². The minimum atomic E-state index is -1.28. The van der Waals surface area contributed by atoms with Crippen LogP contribution in [0.3, 0.4) is 0 Å². The summed E-state index contributed by atoms with van der Waals surface area (Å²) in [6.45, 7) is 0. The molecule has 0 saturated heterocycles. The number of rotatable bonds is 3. The van der Waals surface area contributed by atoms with Crippen LogP contribution in [0.5, 0.6) is 0 Å². The quantitative estimate of drug-likeness (QED) is 0.671. The summed E-state index contributed by atoms with van der Waals surface area (Å²) in [7, 11) is 0. The molecule has 0 aliphatic carbocycles. The highest BCUT2D eigenvalue weighted by Crippen LogP contribution is 2.26. The van der Waals surface area contributed by atoms with Crippen LogP contribution in [0, 0.1) is 14.9 Å². The van der Waals surface area contributed by atoms with E-state index in [1.165, 1.54) is 0 Å². The molecule has 0 heterocycles. The SMILES string of the molecule is N#CC(N=Nc1ccc(I)cc1Cl)C(N)=O. The van der Waals surface area contributed by atoms with E-state index in [0.29, 0.717) is 10.7 Å². The lowest BCUT2D eigenvalue weighted by Crippen LogP contribution is -2.24. The number of amides is 1. The van der Waals surface area contributed by atoms with Crippen molar-refractivity contribution in [1.29, 1.82) is 5.26 Å². The van der Waals surface area contributed by atoms with Crippen LogP contribution < -0.4 is 5.73 Å². The lowest BCUT2D eigenvalue weighted by Gasteiger charge is -1.98. The van der Waals surface area contributed by atoms with Gasteiger partial charge in [0.2, 0.25) is 6.04 Å². The first-order valence-electron chi connectivity index (χ1n) is 4.09. The molecular formula is C9H6ClIN4O. The van der Waals surface area contributed by atoms with Gasteiger partial charge in [0, 0.05) is 3.57 Å². The average Bonchev–Trinajstić information content (AvgIpc) is 2.21. The molecule has 1 aromatic rings. The van der Waals surface area contributed by atoms with Gasteiger partial charge in [-0.25, -0.2) is 0 Å². The molecule has 2 N–H and O–H groups in total. The highest BCUT2D eigenvalue weighted by atomic mass is 127. The first-order chi connectivity index (χ1) is 7.54. The Balaban J connectivity index is 2.92. The third-order valence-electron chi connectivity index (χ3n) is 1.58. The predicted octanol–water partition coefficient (Wildman–Crippen LogP) is 2.41. The van der Waals surface area contributed by atoms with Gasteiger partial charge in [0.25, 0.3) is 5.91 Å². The van der Waals surface area contributed by atoms with Crippen LogP contribution in [0.15, 0.2) is 28.4 Å². The van der Waals surface area contributed by atoms with E-state index in [0.717, 1.165) is 3.57 Å². The van der Waals surface area contributed by atoms with Crippen LogP contribution >= 0.6 is 34.2 Å². The monoisotopic (exact) mass is 348 g/mol. The molecule has 1 amide bonds. The molecule has 16 heavy (non-hydrogen) atoms. The summed E-state index contributed by atoms with van der Waals surface area (Å²) in [5.41, 5.74) is 5.32. The van der Waals surface area contributed by atoms with Crippen molar-refractivity contribution in [3.63, 3.8) is 0 Å². The second kappa shape index (κ2) is 5.77. The minimum Gasteiger partial charge on any atom is -0.367 e. The largest absolute Gasteiger partial charge is 0.367 e. The van der Waals surface area contributed by atoms with Gasteiger partial charge in [-0.15, -0.1) is 0 Å². The van der Waals surface area contributed by atoms with Crippen molar-refractivity contribution < 1.29 is 4.79 Å². The molecule has 0 aliphatic rings. The number of nitrogens with zero attached hydrogens (tertiary/aromatic N) is 3. The standard InChI is InChI=1S/C9H6ClIN4O/c10-6-3-5(11)1-2-7(6)14-15-8(4-12)9(13)16/h1-3,8H,(H2,13,16). The maximum atomic E-state index is 10.7. The molecule has 0 radical (unpaired) electrons. The Labute approximate surface area is 110 Å². The fraction of sp³-hybridized carbons (Fsp3) is 0.111. The molecule has 0 aliphatic heterocycles. The smallest absolute Gasteiger partial charge is 0.258 e. The molecule has 0 bridgehead atoms. The van der Waals surface area contributed by atoms with E-state index in [4.69, 9.17) is 22.6 Å². The summed E-state index contributed by atoms with van der Waals surface area (Å²) in [5, 5.41) is 16.2. The second-order valence-electron chi connectivity index (χ2n) is 2.75. The van der Waals surface area contributed by atoms with Crippen molar-refractivity contribution in [2.45, 2.75) is 6.04 Å². The summed E-state index contributed by atoms with van der Waals surface area (Å²) in [6.07, 6.45) is 0. The summed E-state index contributed by atoms with van der Waals surface area (Å²) in [5.74, 6) is -0.840. The zero-order valence-electron chi connectivity index (χ0n) is 7.89. The Hall–Kier alpha value is -1.20. The van der Waals surface area contributed by atoms with Crippen LogP contribution in [-0.2, 0) is 4.79 Å². The van der Waals surface area contributed by atoms with Crippen LogP contribution in [0.25, 0.3) is 0 Å². The molecule has 1 rings (SSSR count). The van der Waals surface area contributed by atoms with Crippen molar-refractivity contribution in [2.75, 3.05) is 0 Å². The number of primary amides is 1. The number of benzene rings is 1. The van der Waals surface area contributed by atoms with Crippen LogP contribution in [0.2, 0.25) is 5.02 Å². The van der Waals surface area contributed by atoms with E-state index >= 15 is 0 Å². The maximum Gasteiger partial charge on any atom is 0.258 e. The molecule has 5 nitrogen and oxygen atoms in total. The van der Waals surface area contributed by atoms with Gasteiger partial charge in [-0.2, -0.15) is 15.5 Å². The number of nitriles is 1. The molecule has 0 fully saturated rings. The number of hydrogen-bond donors (Lipinski definition) is 1. The molecule has 1 unspecified atom stereocenters. The molecule has 0 saturated carbocycles. The minimum absolute atomic E-state index is 0.392. The van der Waals surface area contributed by atoms with Crippen molar-refractivity contribution in [3.8, 4) is 6.07 Å². The number of nitrogens with two attached hydrogens (primary N) is 1. The van der Waals surface area contributed by atoms with Gasteiger partial charge in [-0.3, -0.25) is 4.79 Å². The Morgan fingerprint density at radius 2 is 2.31 bits per heavy atom. The maximum absolute atomic E-state index is 10.7. The summed E-state index contributed by atoms with van der Waals surface area (Å²) in [4.78, 5) is 10.7. The van der Waals surface area contributed by atoms with Crippen molar-refractivity contribution in [1.82, 2.24) is 0 Å². The average molecular weight is 349 g/mol. The Bertz CT molecular complexity index is 483. The van der Waals surface area contributed by atoms with Crippen LogP contribution in [0.1, 0.15) is 0 Å². The molecule has 0 aromatic heterocycles. The van der Waals surface area contributed by atoms with Crippen LogP contribution in [0.4, 0.5) is 5.69 Å². The zero-order valence-corrected chi connectivity index (χ0v) is 10.8. The van der Waals surface area contributed by atoms with Crippen molar-refractivity contribution in [3.05, 3.63) is 26.8 Å². The van der Waals surface area contributed by atoms with E-state index in [9.17, 15) is 4.79 Å². The number of azo groups is 1. The normalized spacial score (nSPS) is 12.3. The Morgan fingerprint density at radius 1 is 1.62 bits per heavy atom. The fourth-order valence-electron chi connectivity index (χ4n) is 0.829. The predicted molar refractivity (Wildman–Crippen MR) is 67.3 cm³/mol. The summed E-state index contributed by atoms with van der Waals surface area (Å²) >= 11 is 7.98. The molecule has 7 heteroatoms. The van der Waals surface area contributed by atoms with E-state index in [1.54, 1.807) is 24.3 Å². The Morgan fingerprint density at radius 3 is 2.81 bits per heavy atom. The first kappa shape index (κ1) is 12.9. The van der Waals surface area contributed by atoms with Gasteiger partial charge in [-0.1, -0.05) is 11.6 Å². The first-order valence-corrected chi connectivity index (χ1v) is 5.55. The van der Waals surface area contributed by atoms with Gasteiger partial charge in [-0.05, 0) is 40.8 Å². The summed E-state index contributed by atoms with van der Waals surface area (Å²) in [6, 6.07) is 5.46. The number of carbonyl (C=O) groups excluding carboxylic acids is 1. The molecule has 1 atom stereocenters. The van der Waals surface area contributed by atoms with E-state index in [2.05, 4.69) is 32.8 Å². The highest BCUT2D eigenvalue weighted by Gasteiger charge is 2.12.